The van der Waals surface area contributed by atoms with E-state index in [1.165, 1.54) is 0 Å². The maximum absolute atomic E-state index is 2.42. The molecule has 2 heteroatoms. The molecule has 0 aliphatic carbocycles. The van der Waals surface area contributed by atoms with Crippen LogP contribution in [0.2, 0.25) is 12.8 Å². The van der Waals surface area contributed by atoms with Gasteiger partial charge in [0.2, 0.25) is 0 Å². The summed E-state index contributed by atoms with van der Waals surface area (Å²) in [6.07, 6.45) is 0. The standard InChI is InChI=1S/3C4H9.Al.H2O/c3*1-4(2)3;;/h3*1-3H3;;1H2. The summed E-state index contributed by atoms with van der Waals surface area (Å²) in [6.45, 7) is 21.8. The van der Waals surface area contributed by atoms with E-state index in [4.69, 9.17) is 0 Å². The lowest BCUT2D eigenvalue weighted by molar-refractivity contribution is 0.568. The third kappa shape index (κ3) is 4.82. The lowest BCUT2D eigenvalue weighted by atomic mass is 10.2. The molecule has 0 amide bonds. The molecule has 1 nitrogen and oxygen atoms in total. The minimum Gasteiger partial charge on any atom is -0.412 e. The van der Waals surface area contributed by atoms with Gasteiger partial charge in [0.05, 0.1) is 0 Å². The normalized spacial score (nSPS) is 13.5. The highest BCUT2D eigenvalue weighted by Gasteiger charge is 2.48. The van der Waals surface area contributed by atoms with Crippen molar-refractivity contribution in [2.45, 2.75) is 75.1 Å². The fourth-order valence-corrected chi connectivity index (χ4v) is 11.7. The number of hydrogen-bond acceptors (Lipinski definition) is 0. The van der Waals surface area contributed by atoms with Crippen LogP contribution in [-0.2, 0) is 0 Å². The summed E-state index contributed by atoms with van der Waals surface area (Å²) in [6, 6.07) is 0. The fraction of sp³-hybridized carbons (Fsp3) is 1.00. The molecule has 0 bridgehead atoms. The summed E-state index contributed by atoms with van der Waals surface area (Å²) < 4.78 is 1.57. The van der Waals surface area contributed by atoms with Crippen molar-refractivity contribution in [2.24, 2.45) is 0 Å². The monoisotopic (exact) mass is 216 g/mol. The van der Waals surface area contributed by atoms with Gasteiger partial charge in [-0.2, -0.15) is 0 Å². The van der Waals surface area contributed by atoms with Crippen LogP contribution in [0.25, 0.3) is 0 Å². The van der Waals surface area contributed by atoms with Crippen LogP contribution in [0.5, 0.6) is 0 Å². The minimum atomic E-state index is -0.799. The molecule has 0 aromatic carbocycles. The van der Waals surface area contributed by atoms with Crippen LogP contribution in [0.3, 0.4) is 0 Å². The summed E-state index contributed by atoms with van der Waals surface area (Å²) in [7, 11) is 0. The molecule has 14 heavy (non-hydrogen) atoms. The second kappa shape index (κ2) is 4.56. The molecule has 0 saturated carbocycles. The van der Waals surface area contributed by atoms with E-state index in [0.29, 0.717) is 12.8 Å². The fourth-order valence-electron chi connectivity index (χ4n) is 3.90. The Kier molecular flexibility index (Phi) is 5.50. The largest absolute Gasteiger partial charge is 0.412 e. The number of rotatable bonds is 0. The highest BCUT2D eigenvalue weighted by Crippen LogP contribution is 2.52. The highest BCUT2D eigenvalue weighted by atomic mass is 27.2. The topological polar surface area (TPSA) is 31.5 Å². The van der Waals surface area contributed by atoms with E-state index < -0.39 is 14.1 Å². The molecule has 0 spiro atoms. The maximum Gasteiger partial charge on any atom is 0.279 e. The Hall–Kier alpha value is 0.492. The first kappa shape index (κ1) is 16.9. The molecule has 0 radical (unpaired) electrons. The van der Waals surface area contributed by atoms with Gasteiger partial charge in [0.25, 0.3) is 14.1 Å². The first-order valence-electron chi connectivity index (χ1n) is 5.37. The zero-order chi connectivity index (χ0) is 11.1. The maximum atomic E-state index is 2.42. The zero-order valence-electron chi connectivity index (χ0n) is 11.6. The van der Waals surface area contributed by atoms with Crippen LogP contribution in [0.15, 0.2) is 0 Å². The zero-order valence-corrected chi connectivity index (χ0v) is 12.7. The van der Waals surface area contributed by atoms with Crippen molar-refractivity contribution >= 4 is 14.1 Å². The van der Waals surface area contributed by atoms with E-state index >= 15 is 0 Å². The van der Waals surface area contributed by atoms with Crippen LogP contribution in [0.4, 0.5) is 0 Å². The second-order valence-electron chi connectivity index (χ2n) is 7.53. The summed E-state index contributed by atoms with van der Waals surface area (Å²) in [5.41, 5.74) is 0. The molecular weight excluding hydrogens is 187 g/mol. The van der Waals surface area contributed by atoms with Crippen molar-refractivity contribution in [1.29, 1.82) is 0 Å². The first-order valence-corrected chi connectivity index (χ1v) is 7.10. The molecule has 0 atom stereocenters. The predicted octanol–water partition coefficient (Wildman–Crippen LogP) is 4.06. The van der Waals surface area contributed by atoms with Gasteiger partial charge in [-0.15, -0.1) is 0 Å². The molecule has 0 aromatic heterocycles. The van der Waals surface area contributed by atoms with Gasteiger partial charge in [-0.1, -0.05) is 75.1 Å². The van der Waals surface area contributed by atoms with E-state index in [1.54, 1.807) is 0 Å². The van der Waals surface area contributed by atoms with E-state index in [-0.39, 0.29) is 5.48 Å². The SMILES string of the molecule is C[C](C)(C)[Al]([C](C)(C)C)[C](C)(C)C.O. The Morgan fingerprint density at radius 2 is 0.643 bits per heavy atom. The van der Waals surface area contributed by atoms with Gasteiger partial charge in [-0.3, -0.25) is 0 Å². The third-order valence-corrected chi connectivity index (χ3v) is 7.79. The van der Waals surface area contributed by atoms with Gasteiger partial charge in [0.1, 0.15) is 0 Å². The van der Waals surface area contributed by atoms with Crippen LogP contribution >= 0.6 is 0 Å². The molecule has 0 unspecified atom stereocenters. The van der Waals surface area contributed by atoms with Gasteiger partial charge in [-0.25, -0.2) is 0 Å². The number of hydrogen-bond donors (Lipinski definition) is 0. The average molecular weight is 216 g/mol. The minimum absolute atomic E-state index is 0. The Balaban J connectivity index is 0. The van der Waals surface area contributed by atoms with Crippen LogP contribution < -0.4 is 0 Å². The Morgan fingerprint density at radius 1 is 0.500 bits per heavy atom. The van der Waals surface area contributed by atoms with E-state index in [1.807, 2.05) is 0 Å². The van der Waals surface area contributed by atoms with Gasteiger partial charge in [-0.05, 0) is 0 Å². The molecule has 0 rings (SSSR count). The summed E-state index contributed by atoms with van der Waals surface area (Å²) in [4.78, 5) is 0. The van der Waals surface area contributed by atoms with Crippen molar-refractivity contribution < 1.29 is 5.48 Å². The quantitative estimate of drug-likeness (QED) is 0.547. The first-order chi connectivity index (χ1) is 5.37. The van der Waals surface area contributed by atoms with Crippen molar-refractivity contribution in [3.63, 3.8) is 0 Å². The molecule has 0 aliphatic rings. The van der Waals surface area contributed by atoms with Crippen molar-refractivity contribution in [3.05, 3.63) is 0 Å². The average Bonchev–Trinajstić information content (AvgIpc) is 1.44. The highest BCUT2D eigenvalue weighted by molar-refractivity contribution is 6.68. The molecule has 0 aromatic rings. The Morgan fingerprint density at radius 3 is 0.643 bits per heavy atom. The summed E-state index contributed by atoms with van der Waals surface area (Å²) >= 11 is -0.799. The van der Waals surface area contributed by atoms with E-state index in [0.717, 1.165) is 0 Å². The van der Waals surface area contributed by atoms with Crippen LogP contribution in [0, 0.1) is 0 Å². The molecule has 2 N–H and O–H groups in total. The molecule has 0 saturated heterocycles. The van der Waals surface area contributed by atoms with E-state index in [2.05, 4.69) is 62.3 Å². The van der Waals surface area contributed by atoms with Gasteiger partial charge < -0.3 is 5.48 Å². The molecular formula is C12H29AlO. The second-order valence-corrected chi connectivity index (χ2v) is 13.6. The molecule has 0 aliphatic heterocycles. The molecule has 86 valence electrons. The van der Waals surface area contributed by atoms with Crippen molar-refractivity contribution in [2.75, 3.05) is 0 Å². The van der Waals surface area contributed by atoms with Crippen molar-refractivity contribution in [3.8, 4) is 0 Å². The lowest BCUT2D eigenvalue weighted by Crippen LogP contribution is -2.42. The van der Waals surface area contributed by atoms with Crippen molar-refractivity contribution in [1.82, 2.24) is 0 Å². The lowest BCUT2D eigenvalue weighted by Gasteiger charge is -2.44. The van der Waals surface area contributed by atoms with Crippen LogP contribution in [-0.4, -0.2) is 19.6 Å². The Labute approximate surface area is 95.0 Å². The van der Waals surface area contributed by atoms with Gasteiger partial charge >= 0.3 is 0 Å². The third-order valence-electron chi connectivity index (χ3n) is 2.60. The molecule has 0 fully saturated rings. The summed E-state index contributed by atoms with van der Waals surface area (Å²) in [5.74, 6) is 0. The summed E-state index contributed by atoms with van der Waals surface area (Å²) in [5, 5.41) is 0. The molecule has 0 heterocycles. The van der Waals surface area contributed by atoms with Gasteiger partial charge in [0, 0.05) is 0 Å². The van der Waals surface area contributed by atoms with Crippen LogP contribution in [0.1, 0.15) is 62.3 Å². The Bertz CT molecular complexity index is 133. The smallest absolute Gasteiger partial charge is 0.279 e. The predicted molar refractivity (Wildman–Crippen MR) is 68.5 cm³/mol. The van der Waals surface area contributed by atoms with E-state index in [9.17, 15) is 0 Å². The van der Waals surface area contributed by atoms with Gasteiger partial charge in [0.15, 0.2) is 0 Å².